The van der Waals surface area contributed by atoms with Crippen LogP contribution in [-0.4, -0.2) is 18.2 Å². The molecule has 18 heavy (non-hydrogen) atoms. The predicted molar refractivity (Wildman–Crippen MR) is 78.1 cm³/mol. The van der Waals surface area contributed by atoms with Crippen LogP contribution in [0, 0.1) is 0 Å². The van der Waals surface area contributed by atoms with Gasteiger partial charge in [-0.25, -0.2) is 0 Å². The van der Waals surface area contributed by atoms with Crippen molar-refractivity contribution in [3.63, 3.8) is 0 Å². The first kappa shape index (κ1) is 13.0. The molecule has 2 rings (SSSR count). The molecule has 0 radical (unpaired) electrons. The van der Waals surface area contributed by atoms with Crippen molar-refractivity contribution >= 4 is 23.4 Å². The number of para-hydroxylation sites is 1. The number of carbonyl (C=O) groups excluding carboxylic acids is 1. The first-order valence-electron chi connectivity index (χ1n) is 5.87. The van der Waals surface area contributed by atoms with Gasteiger partial charge in [0.1, 0.15) is 0 Å². The van der Waals surface area contributed by atoms with E-state index < -0.39 is 0 Å². The van der Waals surface area contributed by atoms with Crippen LogP contribution in [0.2, 0.25) is 0 Å². The predicted octanol–water partition coefficient (Wildman–Crippen LogP) is 3.65. The van der Waals surface area contributed by atoms with Gasteiger partial charge in [-0.1, -0.05) is 36.4 Å². The molecule has 3 heteroatoms. The number of anilines is 1. The zero-order chi connectivity index (χ0) is 13.3. The quantitative estimate of drug-likeness (QED) is 0.772. The smallest absolute Gasteiger partial charge is 0.240 e. The fourth-order valence-corrected chi connectivity index (χ4v) is 3.23. The molecule has 1 aliphatic rings. The second-order valence-electron chi connectivity index (χ2n) is 4.56. The van der Waals surface area contributed by atoms with Gasteiger partial charge in [-0.2, -0.15) is 0 Å². The van der Waals surface area contributed by atoms with Gasteiger partial charge in [0.2, 0.25) is 5.91 Å². The largest absolute Gasteiger partial charge is 0.313 e. The Labute approximate surface area is 112 Å². The van der Waals surface area contributed by atoms with E-state index in [4.69, 9.17) is 0 Å². The molecule has 1 aromatic rings. The molecule has 1 unspecified atom stereocenters. The van der Waals surface area contributed by atoms with Crippen molar-refractivity contribution in [1.82, 2.24) is 0 Å². The Hall–Kier alpha value is -1.48. The minimum absolute atomic E-state index is 0.0888. The number of nitrogens with zero attached hydrogens (tertiary/aromatic N) is 1. The van der Waals surface area contributed by atoms with E-state index in [0.717, 1.165) is 21.7 Å². The van der Waals surface area contributed by atoms with Crippen LogP contribution in [0.5, 0.6) is 0 Å². The van der Waals surface area contributed by atoms with Crippen molar-refractivity contribution in [2.24, 2.45) is 0 Å². The number of carbonyl (C=O) groups is 1. The highest BCUT2D eigenvalue weighted by Gasteiger charge is 2.31. The van der Waals surface area contributed by atoms with Crippen LogP contribution >= 0.6 is 11.8 Å². The molecule has 0 saturated heterocycles. The van der Waals surface area contributed by atoms with E-state index in [9.17, 15) is 4.79 Å². The molecule has 1 atom stereocenters. The molecular weight excluding hydrogens is 242 g/mol. The number of amides is 1. The molecule has 94 valence electrons. The maximum Gasteiger partial charge on any atom is 0.240 e. The highest BCUT2D eigenvalue weighted by atomic mass is 32.2. The van der Waals surface area contributed by atoms with Crippen molar-refractivity contribution in [3.05, 3.63) is 48.6 Å². The van der Waals surface area contributed by atoms with Crippen LogP contribution in [0.1, 0.15) is 13.3 Å². The lowest BCUT2D eigenvalue weighted by atomic mass is 10.0. The molecule has 1 amide bonds. The van der Waals surface area contributed by atoms with Gasteiger partial charge >= 0.3 is 0 Å². The summed E-state index contributed by atoms with van der Waals surface area (Å²) in [5, 5.41) is -0.0888. The van der Waals surface area contributed by atoms with Gasteiger partial charge in [0, 0.05) is 11.9 Å². The number of benzene rings is 1. The summed E-state index contributed by atoms with van der Waals surface area (Å²) >= 11 is 1.62. The Bertz CT molecular complexity index is 521. The molecule has 1 heterocycles. The minimum atomic E-state index is -0.0888. The Morgan fingerprint density at radius 2 is 2.06 bits per heavy atom. The third-order valence-corrected chi connectivity index (χ3v) is 4.39. The van der Waals surface area contributed by atoms with Crippen molar-refractivity contribution in [2.45, 2.75) is 23.5 Å². The van der Waals surface area contributed by atoms with Gasteiger partial charge in [-0.05, 0) is 25.5 Å². The highest BCUT2D eigenvalue weighted by molar-refractivity contribution is 8.01. The first-order valence-corrected chi connectivity index (χ1v) is 6.75. The van der Waals surface area contributed by atoms with Crippen LogP contribution in [0.25, 0.3) is 0 Å². The van der Waals surface area contributed by atoms with Crippen molar-refractivity contribution in [1.29, 1.82) is 0 Å². The standard InChI is InChI=1S/C15H17NOS/c1-10(2)11(3)9-14-15(17)16(4)12-7-5-6-8-13(12)18-14/h5-8,14H,1,3,9H2,2,4H3. The summed E-state index contributed by atoms with van der Waals surface area (Å²) in [7, 11) is 1.83. The SMILES string of the molecule is C=C(C)C(=C)CC1Sc2ccccc2N(C)C1=O. The van der Waals surface area contributed by atoms with E-state index >= 15 is 0 Å². The summed E-state index contributed by atoms with van der Waals surface area (Å²) < 4.78 is 0. The Morgan fingerprint density at radius 3 is 2.72 bits per heavy atom. The van der Waals surface area contributed by atoms with E-state index in [-0.39, 0.29) is 11.2 Å². The zero-order valence-electron chi connectivity index (χ0n) is 10.8. The second kappa shape index (κ2) is 5.02. The molecule has 0 spiro atoms. The number of hydrogen-bond donors (Lipinski definition) is 0. The fraction of sp³-hybridized carbons (Fsp3) is 0.267. The Morgan fingerprint density at radius 1 is 1.39 bits per heavy atom. The molecule has 0 aromatic heterocycles. The highest BCUT2D eigenvalue weighted by Crippen LogP contribution is 2.40. The number of hydrogen-bond acceptors (Lipinski definition) is 2. The Kier molecular flexibility index (Phi) is 3.62. The van der Waals surface area contributed by atoms with E-state index in [2.05, 4.69) is 19.2 Å². The summed E-state index contributed by atoms with van der Waals surface area (Å²) in [6.07, 6.45) is 0.664. The molecular formula is C15H17NOS. The monoisotopic (exact) mass is 259 g/mol. The lowest BCUT2D eigenvalue weighted by Crippen LogP contribution is -2.38. The summed E-state index contributed by atoms with van der Waals surface area (Å²) in [6, 6.07) is 7.99. The topological polar surface area (TPSA) is 20.3 Å². The lowest BCUT2D eigenvalue weighted by Gasteiger charge is -2.31. The maximum absolute atomic E-state index is 12.3. The molecule has 0 N–H and O–H groups in total. The van der Waals surface area contributed by atoms with Gasteiger partial charge in [0.15, 0.2) is 0 Å². The van der Waals surface area contributed by atoms with E-state index in [1.165, 1.54) is 0 Å². The van der Waals surface area contributed by atoms with Gasteiger partial charge in [0.25, 0.3) is 0 Å². The van der Waals surface area contributed by atoms with Gasteiger partial charge < -0.3 is 4.90 Å². The van der Waals surface area contributed by atoms with Crippen molar-refractivity contribution in [2.75, 3.05) is 11.9 Å². The fourth-order valence-electron chi connectivity index (χ4n) is 1.90. The third-order valence-electron chi connectivity index (χ3n) is 3.14. The van der Waals surface area contributed by atoms with Crippen molar-refractivity contribution < 1.29 is 4.79 Å². The van der Waals surface area contributed by atoms with Crippen LogP contribution in [0.15, 0.2) is 53.5 Å². The molecule has 1 aromatic carbocycles. The number of allylic oxidation sites excluding steroid dienone is 2. The summed E-state index contributed by atoms with van der Waals surface area (Å²) in [4.78, 5) is 15.2. The third kappa shape index (κ3) is 2.36. The molecule has 0 saturated carbocycles. The maximum atomic E-state index is 12.3. The Balaban J connectivity index is 2.24. The van der Waals surface area contributed by atoms with E-state index in [1.807, 2.05) is 32.2 Å². The molecule has 2 nitrogen and oxygen atoms in total. The van der Waals surface area contributed by atoms with Crippen LogP contribution in [-0.2, 0) is 4.79 Å². The zero-order valence-corrected chi connectivity index (χ0v) is 11.6. The summed E-state index contributed by atoms with van der Waals surface area (Å²) in [5.41, 5.74) is 2.89. The van der Waals surface area contributed by atoms with Gasteiger partial charge in [-0.15, -0.1) is 11.8 Å². The van der Waals surface area contributed by atoms with E-state index in [0.29, 0.717) is 6.42 Å². The van der Waals surface area contributed by atoms with Gasteiger partial charge in [0.05, 0.1) is 10.9 Å². The second-order valence-corrected chi connectivity index (χ2v) is 5.80. The van der Waals surface area contributed by atoms with E-state index in [1.54, 1.807) is 16.7 Å². The lowest BCUT2D eigenvalue weighted by molar-refractivity contribution is -0.117. The van der Waals surface area contributed by atoms with Crippen LogP contribution in [0.4, 0.5) is 5.69 Å². The number of fused-ring (bicyclic) bond motifs is 1. The molecule has 1 aliphatic heterocycles. The normalized spacial score (nSPS) is 18.4. The molecule has 0 fully saturated rings. The summed E-state index contributed by atoms with van der Waals surface area (Å²) in [5.74, 6) is 0.140. The van der Waals surface area contributed by atoms with Crippen molar-refractivity contribution in [3.8, 4) is 0 Å². The van der Waals surface area contributed by atoms with Crippen LogP contribution in [0.3, 0.4) is 0 Å². The summed E-state index contributed by atoms with van der Waals surface area (Å²) in [6.45, 7) is 9.78. The molecule has 0 bridgehead atoms. The average Bonchev–Trinajstić information content (AvgIpc) is 2.35. The number of rotatable bonds is 3. The average molecular weight is 259 g/mol. The first-order chi connectivity index (χ1) is 8.50. The van der Waals surface area contributed by atoms with Gasteiger partial charge in [-0.3, -0.25) is 4.79 Å². The number of thioether (sulfide) groups is 1. The van der Waals surface area contributed by atoms with Crippen LogP contribution < -0.4 is 4.90 Å². The minimum Gasteiger partial charge on any atom is -0.313 e. The molecule has 0 aliphatic carbocycles.